The van der Waals surface area contributed by atoms with Crippen LogP contribution in [0.15, 0.2) is 24.3 Å². The van der Waals surface area contributed by atoms with Crippen LogP contribution in [0.2, 0.25) is 0 Å². The molecule has 0 bridgehead atoms. The van der Waals surface area contributed by atoms with Crippen LogP contribution in [0, 0.1) is 0 Å². The summed E-state index contributed by atoms with van der Waals surface area (Å²) >= 11 is 0. The van der Waals surface area contributed by atoms with E-state index in [4.69, 9.17) is 0 Å². The van der Waals surface area contributed by atoms with E-state index in [0.717, 1.165) is 18.8 Å². The van der Waals surface area contributed by atoms with Crippen molar-refractivity contribution in [1.82, 2.24) is 10.3 Å². The van der Waals surface area contributed by atoms with Crippen LogP contribution in [0.5, 0.6) is 0 Å². The monoisotopic (exact) mass is 259 g/mol. The van der Waals surface area contributed by atoms with E-state index < -0.39 is 0 Å². The minimum absolute atomic E-state index is 0.116. The van der Waals surface area contributed by atoms with Crippen LogP contribution in [0.1, 0.15) is 31.7 Å². The zero-order valence-corrected chi connectivity index (χ0v) is 11.6. The number of anilines is 1. The van der Waals surface area contributed by atoms with E-state index in [0.29, 0.717) is 6.42 Å². The lowest BCUT2D eigenvalue weighted by molar-refractivity contribution is -0.126. The zero-order chi connectivity index (χ0) is 13.5. The van der Waals surface area contributed by atoms with Gasteiger partial charge in [0.15, 0.2) is 0 Å². The third-order valence-corrected chi connectivity index (χ3v) is 4.43. The Balaban J connectivity index is 1.81. The molecule has 1 aromatic rings. The molecular weight excluding hydrogens is 238 g/mol. The van der Waals surface area contributed by atoms with Crippen molar-refractivity contribution in [1.29, 1.82) is 0 Å². The molecule has 1 amide bonds. The molecule has 4 nitrogen and oxygen atoms in total. The minimum atomic E-state index is 0.116. The molecule has 0 aromatic heterocycles. The normalized spacial score (nSPS) is 27.4. The molecule has 2 aliphatic rings. The predicted molar refractivity (Wildman–Crippen MR) is 75.8 cm³/mol. The predicted octanol–water partition coefficient (Wildman–Crippen LogP) is 1.87. The highest BCUT2D eigenvalue weighted by Gasteiger charge is 2.30. The molecule has 0 radical (unpaired) electrons. The molecule has 4 heteroatoms. The maximum atomic E-state index is 11.6. The van der Waals surface area contributed by atoms with Gasteiger partial charge >= 0.3 is 0 Å². The molecule has 2 saturated heterocycles. The number of hydrogen-bond donors (Lipinski definition) is 1. The number of benzene rings is 1. The number of amides is 1. The molecule has 102 valence electrons. The minimum Gasteiger partial charge on any atom is -0.308 e. The Morgan fingerprint density at radius 1 is 1.26 bits per heavy atom. The molecule has 2 heterocycles. The Morgan fingerprint density at radius 2 is 2.00 bits per heavy atom. The van der Waals surface area contributed by atoms with E-state index in [2.05, 4.69) is 36.5 Å². The van der Waals surface area contributed by atoms with E-state index >= 15 is 0 Å². The summed E-state index contributed by atoms with van der Waals surface area (Å²) in [7, 11) is 1.84. The summed E-state index contributed by atoms with van der Waals surface area (Å²) in [5.41, 5.74) is 2.55. The van der Waals surface area contributed by atoms with E-state index in [1.165, 1.54) is 18.4 Å². The molecule has 1 atom stereocenters. The van der Waals surface area contributed by atoms with Crippen LogP contribution in [0.3, 0.4) is 0 Å². The van der Waals surface area contributed by atoms with Crippen molar-refractivity contribution < 1.29 is 4.79 Å². The lowest BCUT2D eigenvalue weighted by Gasteiger charge is -2.28. The molecule has 0 spiro atoms. The van der Waals surface area contributed by atoms with Gasteiger partial charge in [-0.15, -0.1) is 0 Å². The van der Waals surface area contributed by atoms with Gasteiger partial charge in [-0.3, -0.25) is 14.8 Å². The molecule has 0 aliphatic carbocycles. The van der Waals surface area contributed by atoms with Gasteiger partial charge in [0.1, 0.15) is 0 Å². The zero-order valence-electron chi connectivity index (χ0n) is 11.6. The van der Waals surface area contributed by atoms with Gasteiger partial charge in [0.25, 0.3) is 0 Å². The molecule has 1 N–H and O–H groups in total. The second-order valence-electron chi connectivity index (χ2n) is 5.70. The van der Waals surface area contributed by atoms with Crippen molar-refractivity contribution in [3.05, 3.63) is 29.8 Å². The number of rotatable bonds is 2. The smallest absolute Gasteiger partial charge is 0.242 e. The van der Waals surface area contributed by atoms with Crippen LogP contribution < -0.4 is 10.3 Å². The first-order valence-electron chi connectivity index (χ1n) is 7.00. The number of carbonyl (C=O) groups is 1. The van der Waals surface area contributed by atoms with Gasteiger partial charge < -0.3 is 5.32 Å². The van der Waals surface area contributed by atoms with E-state index in [1.54, 1.807) is 5.01 Å². The van der Waals surface area contributed by atoms with E-state index in [-0.39, 0.29) is 11.4 Å². The summed E-state index contributed by atoms with van der Waals surface area (Å²) in [5, 5.41) is 7.33. The van der Waals surface area contributed by atoms with Gasteiger partial charge in [-0.2, -0.15) is 0 Å². The first-order chi connectivity index (χ1) is 9.10. The number of hydrazine groups is 1. The molecule has 1 unspecified atom stereocenters. The van der Waals surface area contributed by atoms with Crippen LogP contribution in [0.25, 0.3) is 0 Å². The summed E-state index contributed by atoms with van der Waals surface area (Å²) in [6.07, 6.45) is 3.04. The summed E-state index contributed by atoms with van der Waals surface area (Å²) in [5.74, 6) is 0.188. The van der Waals surface area contributed by atoms with Crippen molar-refractivity contribution in [3.8, 4) is 0 Å². The third kappa shape index (κ3) is 2.10. The van der Waals surface area contributed by atoms with Crippen LogP contribution in [-0.2, 0) is 10.3 Å². The lowest BCUT2D eigenvalue weighted by atomic mass is 9.90. The Hall–Kier alpha value is -1.55. The van der Waals surface area contributed by atoms with Crippen molar-refractivity contribution in [2.75, 3.05) is 25.1 Å². The number of hydrogen-bond acceptors (Lipinski definition) is 3. The van der Waals surface area contributed by atoms with E-state index in [1.807, 2.05) is 12.1 Å². The Bertz CT molecular complexity index is 477. The summed E-state index contributed by atoms with van der Waals surface area (Å²) < 4.78 is 0. The Morgan fingerprint density at radius 3 is 2.53 bits per heavy atom. The topological polar surface area (TPSA) is 35.6 Å². The number of nitrogens with one attached hydrogen (secondary N) is 1. The first-order valence-corrected chi connectivity index (χ1v) is 7.00. The molecule has 2 aliphatic heterocycles. The quantitative estimate of drug-likeness (QED) is 0.880. The maximum Gasteiger partial charge on any atom is 0.242 e. The van der Waals surface area contributed by atoms with Crippen molar-refractivity contribution >= 4 is 11.6 Å². The fraction of sp³-hybridized carbons (Fsp3) is 0.533. The summed E-state index contributed by atoms with van der Waals surface area (Å²) in [6.45, 7) is 4.15. The average molecular weight is 259 g/mol. The third-order valence-electron chi connectivity index (χ3n) is 4.43. The van der Waals surface area contributed by atoms with Crippen molar-refractivity contribution in [3.63, 3.8) is 0 Å². The Kier molecular flexibility index (Phi) is 2.97. The standard InChI is InChI=1S/C15H21N3O/c1-15(9-3-10-16-15)12-4-6-13(7-5-12)18-11-8-14(19)17(18)2/h4-7,16H,3,8-11H2,1-2H3. The van der Waals surface area contributed by atoms with Gasteiger partial charge in [0, 0.05) is 25.6 Å². The highest BCUT2D eigenvalue weighted by Crippen LogP contribution is 2.32. The van der Waals surface area contributed by atoms with Gasteiger partial charge in [0.05, 0.1) is 5.69 Å². The molecule has 3 rings (SSSR count). The SMILES string of the molecule is CN1C(=O)CCN1c1ccc(C2(C)CCCN2)cc1. The molecular formula is C15H21N3O. The van der Waals surface area contributed by atoms with Crippen LogP contribution in [-0.4, -0.2) is 31.1 Å². The second kappa shape index (κ2) is 4.53. The maximum absolute atomic E-state index is 11.6. The second-order valence-corrected chi connectivity index (χ2v) is 5.70. The molecule has 1 aromatic carbocycles. The average Bonchev–Trinajstić information content (AvgIpc) is 2.99. The molecule has 19 heavy (non-hydrogen) atoms. The van der Waals surface area contributed by atoms with Crippen molar-refractivity contribution in [2.45, 2.75) is 31.7 Å². The Labute approximate surface area is 114 Å². The fourth-order valence-electron chi connectivity index (χ4n) is 3.09. The molecule has 2 fully saturated rings. The van der Waals surface area contributed by atoms with Gasteiger partial charge in [-0.25, -0.2) is 0 Å². The number of carbonyl (C=O) groups excluding carboxylic acids is 1. The van der Waals surface area contributed by atoms with Gasteiger partial charge in [-0.1, -0.05) is 12.1 Å². The van der Waals surface area contributed by atoms with Gasteiger partial charge in [0.2, 0.25) is 5.91 Å². The summed E-state index contributed by atoms with van der Waals surface area (Å²) in [6, 6.07) is 8.61. The lowest BCUT2D eigenvalue weighted by Crippen LogP contribution is -2.36. The fourth-order valence-corrected chi connectivity index (χ4v) is 3.09. The highest BCUT2D eigenvalue weighted by atomic mass is 16.2. The molecule has 0 saturated carbocycles. The van der Waals surface area contributed by atoms with Gasteiger partial charge in [-0.05, 0) is 44.0 Å². The van der Waals surface area contributed by atoms with Crippen molar-refractivity contribution in [2.24, 2.45) is 0 Å². The number of nitrogens with zero attached hydrogens (tertiary/aromatic N) is 2. The highest BCUT2D eigenvalue weighted by molar-refractivity contribution is 5.81. The summed E-state index contributed by atoms with van der Waals surface area (Å²) in [4.78, 5) is 11.6. The largest absolute Gasteiger partial charge is 0.308 e. The first kappa shape index (κ1) is 12.5. The van der Waals surface area contributed by atoms with E-state index in [9.17, 15) is 4.79 Å². The van der Waals surface area contributed by atoms with Crippen LogP contribution >= 0.6 is 0 Å². The van der Waals surface area contributed by atoms with Crippen LogP contribution in [0.4, 0.5) is 5.69 Å².